The summed E-state index contributed by atoms with van der Waals surface area (Å²) in [6, 6.07) is 1.99. The molecule has 2 N–H and O–H groups in total. The predicted molar refractivity (Wildman–Crippen MR) is 81.3 cm³/mol. The minimum Gasteiger partial charge on any atom is -0.332 e. The molecule has 2 aromatic rings. The van der Waals surface area contributed by atoms with Crippen LogP contribution in [0, 0.1) is 0 Å². The number of anilines is 1. The quantitative estimate of drug-likeness (QED) is 0.899. The van der Waals surface area contributed by atoms with E-state index in [1.54, 1.807) is 16.9 Å². The van der Waals surface area contributed by atoms with Gasteiger partial charge in [-0.1, -0.05) is 0 Å². The first-order chi connectivity index (χ1) is 11.0. The Morgan fingerprint density at radius 1 is 1.29 bits per heavy atom. The molecule has 2 aromatic heterocycles. The lowest BCUT2D eigenvalue weighted by molar-refractivity contribution is -0.141. The summed E-state index contributed by atoms with van der Waals surface area (Å²) in [5, 5.41) is 12.7. The molecule has 0 aromatic carbocycles. The van der Waals surface area contributed by atoms with E-state index in [4.69, 9.17) is 0 Å². The van der Waals surface area contributed by atoms with Gasteiger partial charge >= 0.3 is 12.2 Å². The molecule has 0 atom stereocenters. The lowest BCUT2D eigenvalue weighted by Gasteiger charge is -2.22. The second-order valence-corrected chi connectivity index (χ2v) is 6.25. The average molecular weight is 344 g/mol. The maximum absolute atomic E-state index is 12.6. The normalized spacial score (nSPS) is 12.3. The lowest BCUT2D eigenvalue weighted by atomic mass is 10.1. The second-order valence-electron chi connectivity index (χ2n) is 6.25. The molecule has 0 aliphatic carbocycles. The molecule has 0 aliphatic rings. The molecule has 2 amide bonds. The molecule has 0 bridgehead atoms. The van der Waals surface area contributed by atoms with Crippen molar-refractivity contribution in [2.24, 2.45) is 7.05 Å². The van der Waals surface area contributed by atoms with Gasteiger partial charge in [0.25, 0.3) is 0 Å². The second kappa shape index (κ2) is 6.17. The van der Waals surface area contributed by atoms with Gasteiger partial charge in [0.15, 0.2) is 5.69 Å². The molecule has 132 valence electrons. The topological polar surface area (TPSA) is 76.8 Å². The zero-order valence-electron chi connectivity index (χ0n) is 13.8. The van der Waals surface area contributed by atoms with E-state index in [-0.39, 0.29) is 17.8 Å². The molecule has 0 saturated heterocycles. The number of urea groups is 1. The molecule has 24 heavy (non-hydrogen) atoms. The molecule has 0 spiro atoms. The van der Waals surface area contributed by atoms with Crippen LogP contribution < -0.4 is 10.6 Å². The SMILES string of the molecule is Cn1nc(C(F)(F)F)cc1CNC(=O)Nc1ccnn1C(C)(C)C. The summed E-state index contributed by atoms with van der Waals surface area (Å²) >= 11 is 0. The minimum absolute atomic E-state index is 0.0882. The van der Waals surface area contributed by atoms with Gasteiger partial charge in [0.05, 0.1) is 24.0 Å². The van der Waals surface area contributed by atoms with Crippen molar-refractivity contribution in [3.8, 4) is 0 Å². The van der Waals surface area contributed by atoms with Crippen LogP contribution in [0.5, 0.6) is 0 Å². The van der Waals surface area contributed by atoms with Crippen LogP contribution in [0.25, 0.3) is 0 Å². The third kappa shape index (κ3) is 4.06. The first-order valence-corrected chi connectivity index (χ1v) is 7.18. The molecule has 0 saturated carbocycles. The number of rotatable bonds is 3. The van der Waals surface area contributed by atoms with Crippen LogP contribution >= 0.6 is 0 Å². The van der Waals surface area contributed by atoms with E-state index in [2.05, 4.69) is 20.8 Å². The van der Waals surface area contributed by atoms with E-state index in [1.807, 2.05) is 20.8 Å². The van der Waals surface area contributed by atoms with Crippen LogP contribution in [0.4, 0.5) is 23.8 Å². The number of alkyl halides is 3. The van der Waals surface area contributed by atoms with Crippen LogP contribution in [0.3, 0.4) is 0 Å². The number of aromatic nitrogens is 4. The smallest absolute Gasteiger partial charge is 0.332 e. The molecular formula is C14H19F3N6O. The van der Waals surface area contributed by atoms with Crippen LogP contribution in [0.15, 0.2) is 18.3 Å². The van der Waals surface area contributed by atoms with E-state index < -0.39 is 17.9 Å². The first-order valence-electron chi connectivity index (χ1n) is 7.18. The third-order valence-corrected chi connectivity index (χ3v) is 3.22. The summed E-state index contributed by atoms with van der Waals surface area (Å²) in [4.78, 5) is 12.0. The van der Waals surface area contributed by atoms with E-state index in [1.165, 1.54) is 7.05 Å². The molecule has 2 heterocycles. The molecule has 0 fully saturated rings. The molecule has 0 unspecified atom stereocenters. The number of aryl methyl sites for hydroxylation is 1. The largest absolute Gasteiger partial charge is 0.435 e. The minimum atomic E-state index is -4.52. The summed E-state index contributed by atoms with van der Waals surface area (Å²) < 4.78 is 40.5. The van der Waals surface area contributed by atoms with Gasteiger partial charge in [-0.2, -0.15) is 23.4 Å². The number of carbonyl (C=O) groups excluding carboxylic acids is 1. The van der Waals surface area contributed by atoms with Crippen molar-refractivity contribution in [1.82, 2.24) is 24.9 Å². The predicted octanol–water partition coefficient (Wildman–Crippen LogP) is 2.71. The van der Waals surface area contributed by atoms with Gasteiger partial charge in [0.1, 0.15) is 5.82 Å². The summed E-state index contributed by atoms with van der Waals surface area (Å²) in [5.41, 5.74) is -1.08. The average Bonchev–Trinajstić information content (AvgIpc) is 3.02. The van der Waals surface area contributed by atoms with E-state index >= 15 is 0 Å². The van der Waals surface area contributed by atoms with Gasteiger partial charge in [-0.3, -0.25) is 10.00 Å². The van der Waals surface area contributed by atoms with Gasteiger partial charge in [-0.15, -0.1) is 0 Å². The molecular weight excluding hydrogens is 325 g/mol. The summed E-state index contributed by atoms with van der Waals surface area (Å²) in [6.07, 6.45) is -2.96. The first kappa shape index (κ1) is 17.8. The zero-order valence-corrected chi connectivity index (χ0v) is 13.8. The monoisotopic (exact) mass is 344 g/mol. The highest BCUT2D eigenvalue weighted by Crippen LogP contribution is 2.28. The Morgan fingerprint density at radius 2 is 1.96 bits per heavy atom. The Bertz CT molecular complexity index is 726. The fourth-order valence-corrected chi connectivity index (χ4v) is 2.07. The van der Waals surface area contributed by atoms with Crippen molar-refractivity contribution in [2.75, 3.05) is 5.32 Å². The van der Waals surface area contributed by atoms with E-state index in [0.29, 0.717) is 5.82 Å². The number of hydrogen-bond acceptors (Lipinski definition) is 3. The van der Waals surface area contributed by atoms with Crippen molar-refractivity contribution in [2.45, 2.75) is 39.0 Å². The van der Waals surface area contributed by atoms with Gasteiger partial charge in [0.2, 0.25) is 0 Å². The Labute approximate surface area is 136 Å². The van der Waals surface area contributed by atoms with Crippen LogP contribution in [-0.2, 0) is 25.3 Å². The molecule has 0 aliphatic heterocycles. The molecule has 2 rings (SSSR count). The van der Waals surface area contributed by atoms with Gasteiger partial charge in [0, 0.05) is 13.1 Å². The van der Waals surface area contributed by atoms with E-state index in [0.717, 1.165) is 10.7 Å². The number of hydrogen-bond donors (Lipinski definition) is 2. The fourth-order valence-electron chi connectivity index (χ4n) is 2.07. The zero-order chi connectivity index (χ0) is 18.1. The Balaban J connectivity index is 2.00. The van der Waals surface area contributed by atoms with Gasteiger partial charge in [-0.25, -0.2) is 9.48 Å². The van der Waals surface area contributed by atoms with Gasteiger partial charge in [-0.05, 0) is 26.8 Å². The van der Waals surface area contributed by atoms with Crippen molar-refractivity contribution in [3.05, 3.63) is 29.7 Å². The number of carbonyl (C=O) groups is 1. The highest BCUT2D eigenvalue weighted by atomic mass is 19.4. The molecule has 7 nitrogen and oxygen atoms in total. The number of nitrogens with zero attached hydrogens (tertiary/aromatic N) is 4. The Morgan fingerprint density at radius 3 is 2.50 bits per heavy atom. The summed E-state index contributed by atoms with van der Waals surface area (Å²) in [7, 11) is 1.39. The van der Waals surface area contributed by atoms with Crippen molar-refractivity contribution >= 4 is 11.8 Å². The Kier molecular flexibility index (Phi) is 4.59. The van der Waals surface area contributed by atoms with Crippen LogP contribution in [0.1, 0.15) is 32.2 Å². The summed E-state index contributed by atoms with van der Waals surface area (Å²) in [6.45, 7) is 5.70. The molecule has 10 heteroatoms. The third-order valence-electron chi connectivity index (χ3n) is 3.22. The summed E-state index contributed by atoms with van der Waals surface area (Å²) in [5.74, 6) is 0.487. The fraction of sp³-hybridized carbons (Fsp3) is 0.500. The highest BCUT2D eigenvalue weighted by molar-refractivity contribution is 5.88. The maximum Gasteiger partial charge on any atom is 0.435 e. The standard InChI is InChI=1S/C14H19F3N6O/c1-13(2,3)23-11(5-6-19-23)20-12(24)18-8-9-7-10(14(15,16)17)21-22(9)4/h5-7H,8H2,1-4H3,(H2,18,20,24). The number of nitrogens with one attached hydrogen (secondary N) is 2. The van der Waals surface area contributed by atoms with E-state index in [9.17, 15) is 18.0 Å². The van der Waals surface area contributed by atoms with Crippen molar-refractivity contribution in [1.29, 1.82) is 0 Å². The Hall–Kier alpha value is -2.52. The van der Waals surface area contributed by atoms with Crippen molar-refractivity contribution in [3.63, 3.8) is 0 Å². The maximum atomic E-state index is 12.6. The van der Waals surface area contributed by atoms with Gasteiger partial charge < -0.3 is 5.32 Å². The number of halogens is 3. The van der Waals surface area contributed by atoms with Crippen LogP contribution in [-0.4, -0.2) is 25.6 Å². The number of amides is 2. The van der Waals surface area contributed by atoms with Crippen molar-refractivity contribution < 1.29 is 18.0 Å². The lowest BCUT2D eigenvalue weighted by Crippen LogP contribution is -2.32. The molecule has 0 radical (unpaired) electrons. The van der Waals surface area contributed by atoms with Crippen LogP contribution in [0.2, 0.25) is 0 Å². The highest BCUT2D eigenvalue weighted by Gasteiger charge is 2.34.